The molecule has 0 aliphatic rings. The average Bonchev–Trinajstić information content (AvgIpc) is 3.91. The Bertz CT molecular complexity index is 3550. The Labute approximate surface area is 366 Å². The monoisotopic (exact) mass is 804 g/mol. The Morgan fingerprint density at radius 3 is 1.40 bits per heavy atom. The maximum absolute atomic E-state index is 6.24. The first-order chi connectivity index (χ1) is 31.2. The van der Waals surface area contributed by atoms with Crippen LogP contribution in [0.3, 0.4) is 0 Å². The lowest BCUT2D eigenvalue weighted by molar-refractivity contribution is 0.669. The third kappa shape index (κ3) is 6.46. The van der Waals surface area contributed by atoms with E-state index in [0.29, 0.717) is 0 Å². The van der Waals surface area contributed by atoms with Crippen LogP contribution in [-0.4, -0.2) is 4.57 Å². The number of para-hydroxylation sites is 3. The van der Waals surface area contributed by atoms with E-state index >= 15 is 0 Å². The van der Waals surface area contributed by atoms with Crippen LogP contribution in [0.4, 0.5) is 17.1 Å². The molecule has 0 spiro atoms. The molecule has 12 rings (SSSR count). The molecule has 12 aromatic rings. The molecule has 0 radical (unpaired) electrons. The Morgan fingerprint density at radius 2 is 0.746 bits per heavy atom. The van der Waals surface area contributed by atoms with E-state index in [-0.39, 0.29) is 0 Å². The number of hydrogen-bond donors (Lipinski definition) is 0. The summed E-state index contributed by atoms with van der Waals surface area (Å²) in [7, 11) is 0. The first kappa shape index (κ1) is 36.5. The summed E-state index contributed by atoms with van der Waals surface area (Å²) in [6, 6.07) is 87.1. The summed E-state index contributed by atoms with van der Waals surface area (Å²) in [6.07, 6.45) is 0. The van der Waals surface area contributed by atoms with Crippen molar-refractivity contribution in [3.63, 3.8) is 0 Å². The van der Waals surface area contributed by atoms with Gasteiger partial charge in [-0.15, -0.1) is 0 Å². The van der Waals surface area contributed by atoms with Gasteiger partial charge in [0.25, 0.3) is 0 Å². The molecule has 0 amide bonds. The van der Waals surface area contributed by atoms with Crippen molar-refractivity contribution in [3.8, 4) is 50.2 Å². The second-order valence-electron chi connectivity index (χ2n) is 16.1. The molecule has 63 heavy (non-hydrogen) atoms. The van der Waals surface area contributed by atoms with Gasteiger partial charge in [-0.25, -0.2) is 0 Å². The van der Waals surface area contributed by atoms with Gasteiger partial charge in [0.1, 0.15) is 11.2 Å². The largest absolute Gasteiger partial charge is 0.456 e. The number of fused-ring (bicyclic) bond motifs is 6. The minimum absolute atomic E-state index is 0.899. The van der Waals surface area contributed by atoms with Crippen LogP contribution >= 0.6 is 0 Å². The Kier molecular flexibility index (Phi) is 8.83. The molecule has 2 aromatic heterocycles. The van der Waals surface area contributed by atoms with Crippen LogP contribution in [0, 0.1) is 0 Å². The molecule has 0 saturated heterocycles. The third-order valence-electron chi connectivity index (χ3n) is 12.4. The van der Waals surface area contributed by atoms with Crippen molar-refractivity contribution in [2.75, 3.05) is 4.90 Å². The quantitative estimate of drug-likeness (QED) is 0.153. The van der Waals surface area contributed by atoms with Crippen molar-refractivity contribution in [3.05, 3.63) is 243 Å². The zero-order valence-corrected chi connectivity index (χ0v) is 34.4. The molecule has 296 valence electrons. The second-order valence-corrected chi connectivity index (χ2v) is 16.1. The van der Waals surface area contributed by atoms with Crippen molar-refractivity contribution in [1.29, 1.82) is 0 Å². The van der Waals surface area contributed by atoms with Gasteiger partial charge in [-0.1, -0.05) is 164 Å². The van der Waals surface area contributed by atoms with Gasteiger partial charge in [-0.05, 0) is 123 Å². The zero-order valence-electron chi connectivity index (χ0n) is 34.4. The summed E-state index contributed by atoms with van der Waals surface area (Å²) in [5, 5.41) is 4.80. The smallest absolute Gasteiger partial charge is 0.136 e. The van der Waals surface area contributed by atoms with Crippen molar-refractivity contribution in [2.24, 2.45) is 0 Å². The molecule has 0 aliphatic carbocycles. The number of hydrogen-bond acceptors (Lipinski definition) is 2. The fourth-order valence-electron chi connectivity index (χ4n) is 9.39. The lowest BCUT2D eigenvalue weighted by atomic mass is 9.98. The predicted molar refractivity (Wildman–Crippen MR) is 264 cm³/mol. The molecule has 0 unspecified atom stereocenters. The zero-order chi connectivity index (χ0) is 41.7. The van der Waals surface area contributed by atoms with Crippen molar-refractivity contribution < 1.29 is 4.42 Å². The van der Waals surface area contributed by atoms with Gasteiger partial charge < -0.3 is 13.9 Å². The van der Waals surface area contributed by atoms with E-state index in [0.717, 1.165) is 61.4 Å². The van der Waals surface area contributed by atoms with E-state index in [1.54, 1.807) is 0 Å². The van der Waals surface area contributed by atoms with Crippen molar-refractivity contribution >= 4 is 60.8 Å². The van der Waals surface area contributed by atoms with Gasteiger partial charge in [0.2, 0.25) is 0 Å². The predicted octanol–water partition coefficient (Wildman–Crippen LogP) is 16.8. The maximum atomic E-state index is 6.24. The lowest BCUT2D eigenvalue weighted by Crippen LogP contribution is -2.09. The number of benzene rings is 10. The van der Waals surface area contributed by atoms with Crippen molar-refractivity contribution in [1.82, 2.24) is 4.57 Å². The first-order valence-electron chi connectivity index (χ1n) is 21.5. The van der Waals surface area contributed by atoms with Gasteiger partial charge in [0.15, 0.2) is 0 Å². The van der Waals surface area contributed by atoms with Gasteiger partial charge >= 0.3 is 0 Å². The van der Waals surface area contributed by atoms with Crippen LogP contribution < -0.4 is 4.90 Å². The molecule has 0 aliphatic heterocycles. The van der Waals surface area contributed by atoms with Gasteiger partial charge in [0, 0.05) is 44.3 Å². The lowest BCUT2D eigenvalue weighted by Gasteiger charge is -2.26. The fraction of sp³-hybridized carbons (Fsp3) is 0. The van der Waals surface area contributed by atoms with Crippen LogP contribution in [0.25, 0.3) is 93.9 Å². The molecule has 3 heteroatoms. The Hall–Kier alpha value is -8.40. The molecule has 0 fully saturated rings. The highest BCUT2D eigenvalue weighted by molar-refractivity contribution is 6.12. The first-order valence-corrected chi connectivity index (χ1v) is 21.5. The summed E-state index contributed by atoms with van der Waals surface area (Å²) in [6.45, 7) is 0. The van der Waals surface area contributed by atoms with Crippen LogP contribution in [0.1, 0.15) is 0 Å². The molecular formula is C60H40N2O. The number of anilines is 3. The molecule has 0 N–H and O–H groups in total. The number of aromatic nitrogens is 1. The summed E-state index contributed by atoms with van der Waals surface area (Å²) in [5.74, 6) is 0. The standard InChI is InChI=1S/C60H40N2O/c1-2-13-41(14-3-1)42-27-33-48(34-28-42)61(50-37-31-44(32-38-50)52-22-12-26-59-60(52)55-21-6-9-25-58(55)63-59)49-35-29-43(30-36-49)45-15-10-16-46(39-45)47-17-11-18-51(40-47)62-56-23-7-4-19-53(56)54-20-5-8-24-57(54)62/h1-40H. The van der Waals surface area contributed by atoms with Crippen molar-refractivity contribution in [2.45, 2.75) is 0 Å². The number of furan rings is 1. The highest BCUT2D eigenvalue weighted by Crippen LogP contribution is 2.41. The van der Waals surface area contributed by atoms with Gasteiger partial charge in [-0.3, -0.25) is 0 Å². The molecule has 2 heterocycles. The third-order valence-corrected chi connectivity index (χ3v) is 12.4. The Balaban J connectivity index is 0.894. The van der Waals surface area contributed by atoms with E-state index < -0.39 is 0 Å². The number of rotatable bonds is 8. The van der Waals surface area contributed by atoms with E-state index in [2.05, 4.69) is 240 Å². The molecule has 0 saturated carbocycles. The average molecular weight is 805 g/mol. The van der Waals surface area contributed by atoms with E-state index in [9.17, 15) is 0 Å². The molecule has 0 atom stereocenters. The highest BCUT2D eigenvalue weighted by atomic mass is 16.3. The van der Waals surface area contributed by atoms with Crippen LogP contribution in [0.5, 0.6) is 0 Å². The van der Waals surface area contributed by atoms with Crippen LogP contribution in [0.2, 0.25) is 0 Å². The number of nitrogens with zero attached hydrogens (tertiary/aromatic N) is 2. The molecular weight excluding hydrogens is 765 g/mol. The summed E-state index contributed by atoms with van der Waals surface area (Å²) >= 11 is 0. The maximum Gasteiger partial charge on any atom is 0.136 e. The topological polar surface area (TPSA) is 21.3 Å². The molecule has 0 bridgehead atoms. The normalized spacial score (nSPS) is 11.5. The molecule has 10 aromatic carbocycles. The van der Waals surface area contributed by atoms with Gasteiger partial charge in [-0.2, -0.15) is 0 Å². The second kappa shape index (κ2) is 15.3. The SMILES string of the molecule is c1ccc(-c2ccc(N(c3ccc(-c4cccc(-c5cccc(-n6c7ccccc7c7ccccc76)c5)c4)cc3)c3ccc(-c4cccc5oc6ccccc6c45)cc3)cc2)cc1. The Morgan fingerprint density at radius 1 is 0.302 bits per heavy atom. The highest BCUT2D eigenvalue weighted by Gasteiger charge is 2.17. The minimum Gasteiger partial charge on any atom is -0.456 e. The summed E-state index contributed by atoms with van der Waals surface area (Å²) in [5.41, 5.74) is 18.0. The fourth-order valence-corrected chi connectivity index (χ4v) is 9.39. The van der Waals surface area contributed by atoms with Crippen LogP contribution in [0.15, 0.2) is 247 Å². The van der Waals surface area contributed by atoms with E-state index in [1.807, 2.05) is 12.1 Å². The van der Waals surface area contributed by atoms with E-state index in [1.165, 1.54) is 49.6 Å². The van der Waals surface area contributed by atoms with Crippen LogP contribution in [-0.2, 0) is 0 Å². The molecule has 3 nitrogen and oxygen atoms in total. The van der Waals surface area contributed by atoms with Gasteiger partial charge in [0.05, 0.1) is 11.0 Å². The van der Waals surface area contributed by atoms with E-state index in [4.69, 9.17) is 4.42 Å². The minimum atomic E-state index is 0.899. The summed E-state index contributed by atoms with van der Waals surface area (Å²) < 4.78 is 8.62. The summed E-state index contributed by atoms with van der Waals surface area (Å²) in [4.78, 5) is 2.34.